The first kappa shape index (κ1) is 16.0. The summed E-state index contributed by atoms with van der Waals surface area (Å²) in [5, 5.41) is 0. The van der Waals surface area contributed by atoms with Crippen LogP contribution in [0.1, 0.15) is 5.56 Å². The Balaban J connectivity index is 2.10. The molecule has 0 aliphatic heterocycles. The molecule has 0 unspecified atom stereocenters. The summed E-state index contributed by atoms with van der Waals surface area (Å²) in [7, 11) is -2.15. The van der Waals surface area contributed by atoms with E-state index in [-0.39, 0.29) is 4.90 Å². The second-order valence-corrected chi connectivity index (χ2v) is 7.08. The van der Waals surface area contributed by atoms with Crippen LogP contribution in [0.2, 0.25) is 0 Å². The van der Waals surface area contributed by atoms with E-state index < -0.39 is 10.0 Å². The molecule has 6 heteroatoms. The zero-order chi connectivity index (χ0) is 15.3. The number of ether oxygens (including phenoxy) is 1. The minimum Gasteiger partial charge on any atom is -0.495 e. The standard InChI is InChI=1S/C15H16BrNO3S/c1-20-14-8-7-13(16)11-15(14)21(18,19)17-10-9-12-5-3-2-4-6-12/h2-8,11,17H,9-10H2,1H3. The topological polar surface area (TPSA) is 55.4 Å². The van der Waals surface area contributed by atoms with Crippen molar-refractivity contribution >= 4 is 26.0 Å². The Kier molecular flexibility index (Phi) is 5.39. The van der Waals surface area contributed by atoms with Crippen molar-refractivity contribution in [2.75, 3.05) is 13.7 Å². The van der Waals surface area contributed by atoms with E-state index >= 15 is 0 Å². The van der Waals surface area contributed by atoms with Gasteiger partial charge in [0.05, 0.1) is 7.11 Å². The lowest BCUT2D eigenvalue weighted by atomic mass is 10.2. The Bertz CT molecular complexity index is 702. The van der Waals surface area contributed by atoms with Gasteiger partial charge in [-0.05, 0) is 30.2 Å². The molecule has 1 N–H and O–H groups in total. The van der Waals surface area contributed by atoms with Gasteiger partial charge in [0.1, 0.15) is 10.6 Å². The minimum absolute atomic E-state index is 0.132. The third kappa shape index (κ3) is 4.30. The minimum atomic E-state index is -3.60. The fourth-order valence-electron chi connectivity index (χ4n) is 1.91. The van der Waals surface area contributed by atoms with Gasteiger partial charge in [0.15, 0.2) is 0 Å². The molecule has 0 fully saturated rings. The molecular weight excluding hydrogens is 354 g/mol. The van der Waals surface area contributed by atoms with Crippen molar-refractivity contribution < 1.29 is 13.2 Å². The fourth-order valence-corrected chi connectivity index (χ4v) is 3.65. The van der Waals surface area contributed by atoms with Crippen LogP contribution in [0.4, 0.5) is 0 Å². The van der Waals surface area contributed by atoms with Gasteiger partial charge in [-0.15, -0.1) is 0 Å². The van der Waals surface area contributed by atoms with Crippen LogP contribution in [-0.2, 0) is 16.4 Å². The van der Waals surface area contributed by atoms with Crippen molar-refractivity contribution in [3.05, 3.63) is 58.6 Å². The van der Waals surface area contributed by atoms with Gasteiger partial charge < -0.3 is 4.74 Å². The highest BCUT2D eigenvalue weighted by Crippen LogP contribution is 2.26. The smallest absolute Gasteiger partial charge is 0.244 e. The van der Waals surface area contributed by atoms with Gasteiger partial charge in [0.25, 0.3) is 0 Å². The molecule has 0 bridgehead atoms. The van der Waals surface area contributed by atoms with E-state index in [2.05, 4.69) is 20.7 Å². The molecule has 112 valence electrons. The highest BCUT2D eigenvalue weighted by Gasteiger charge is 2.19. The highest BCUT2D eigenvalue weighted by molar-refractivity contribution is 9.10. The first-order valence-corrected chi connectivity index (χ1v) is 8.67. The van der Waals surface area contributed by atoms with E-state index in [1.807, 2.05) is 30.3 Å². The van der Waals surface area contributed by atoms with Crippen LogP contribution in [0.25, 0.3) is 0 Å². The monoisotopic (exact) mass is 369 g/mol. The molecule has 4 nitrogen and oxygen atoms in total. The molecule has 0 spiro atoms. The molecule has 2 rings (SSSR count). The highest BCUT2D eigenvalue weighted by atomic mass is 79.9. The lowest BCUT2D eigenvalue weighted by molar-refractivity contribution is 0.402. The third-order valence-electron chi connectivity index (χ3n) is 2.96. The maximum Gasteiger partial charge on any atom is 0.244 e. The third-order valence-corrected chi connectivity index (χ3v) is 4.94. The van der Waals surface area contributed by atoms with Crippen molar-refractivity contribution in [2.45, 2.75) is 11.3 Å². The zero-order valence-electron chi connectivity index (χ0n) is 11.5. The number of hydrogen-bond donors (Lipinski definition) is 1. The van der Waals surface area contributed by atoms with Gasteiger partial charge in [0, 0.05) is 11.0 Å². The summed E-state index contributed by atoms with van der Waals surface area (Å²) in [6, 6.07) is 14.6. The van der Waals surface area contributed by atoms with E-state index in [0.29, 0.717) is 23.2 Å². The molecule has 0 aliphatic rings. The molecule has 0 heterocycles. The van der Waals surface area contributed by atoms with Gasteiger partial charge in [-0.2, -0.15) is 0 Å². The maximum absolute atomic E-state index is 12.3. The van der Waals surface area contributed by atoms with Gasteiger partial charge in [-0.3, -0.25) is 0 Å². The molecule has 0 saturated heterocycles. The number of benzene rings is 2. The summed E-state index contributed by atoms with van der Waals surface area (Å²) in [5.41, 5.74) is 1.08. The average Bonchev–Trinajstić information content (AvgIpc) is 2.48. The molecule has 21 heavy (non-hydrogen) atoms. The lowest BCUT2D eigenvalue weighted by Gasteiger charge is -2.11. The van der Waals surface area contributed by atoms with Crippen molar-refractivity contribution in [3.8, 4) is 5.75 Å². The van der Waals surface area contributed by atoms with Gasteiger partial charge in [0.2, 0.25) is 10.0 Å². The zero-order valence-corrected chi connectivity index (χ0v) is 13.9. The number of hydrogen-bond acceptors (Lipinski definition) is 3. The number of nitrogens with one attached hydrogen (secondary N) is 1. The van der Waals surface area contributed by atoms with Gasteiger partial charge in [-0.25, -0.2) is 13.1 Å². The molecular formula is C15H16BrNO3S. The number of rotatable bonds is 6. The predicted molar refractivity (Wildman–Crippen MR) is 86.0 cm³/mol. The predicted octanol–water partition coefficient (Wildman–Crippen LogP) is 2.98. The molecule has 2 aromatic carbocycles. The summed E-state index contributed by atoms with van der Waals surface area (Å²) >= 11 is 3.28. The SMILES string of the molecule is COc1ccc(Br)cc1S(=O)(=O)NCCc1ccccc1. The Hall–Kier alpha value is -1.37. The van der Waals surface area contributed by atoms with Crippen LogP contribution in [-0.4, -0.2) is 22.1 Å². The molecule has 0 atom stereocenters. The molecule has 0 saturated carbocycles. The quantitative estimate of drug-likeness (QED) is 0.851. The van der Waals surface area contributed by atoms with Crippen molar-refractivity contribution in [1.82, 2.24) is 4.72 Å². The second kappa shape index (κ2) is 7.06. The summed E-state index contributed by atoms with van der Waals surface area (Å²) in [6.07, 6.45) is 0.635. The maximum atomic E-state index is 12.3. The molecule has 0 amide bonds. The first-order chi connectivity index (χ1) is 10.0. The van der Waals surface area contributed by atoms with E-state index in [4.69, 9.17) is 4.74 Å². The van der Waals surface area contributed by atoms with E-state index in [0.717, 1.165) is 5.56 Å². The average molecular weight is 370 g/mol. The lowest BCUT2D eigenvalue weighted by Crippen LogP contribution is -2.26. The summed E-state index contributed by atoms with van der Waals surface area (Å²) in [5.74, 6) is 0.324. The van der Waals surface area contributed by atoms with Crippen LogP contribution in [0.5, 0.6) is 5.75 Å². The van der Waals surface area contributed by atoms with Gasteiger partial charge >= 0.3 is 0 Å². The Morgan fingerprint density at radius 3 is 2.52 bits per heavy atom. The Morgan fingerprint density at radius 1 is 1.14 bits per heavy atom. The summed E-state index contributed by atoms with van der Waals surface area (Å²) in [6.45, 7) is 0.335. The number of sulfonamides is 1. The fraction of sp³-hybridized carbons (Fsp3) is 0.200. The molecule has 0 aromatic heterocycles. The Labute approximate surface area is 133 Å². The van der Waals surface area contributed by atoms with Crippen LogP contribution in [0.15, 0.2) is 57.9 Å². The van der Waals surface area contributed by atoms with Crippen LogP contribution >= 0.6 is 15.9 Å². The number of halogens is 1. The van der Waals surface area contributed by atoms with E-state index in [1.165, 1.54) is 13.2 Å². The molecule has 2 aromatic rings. The van der Waals surface area contributed by atoms with Crippen molar-refractivity contribution in [3.63, 3.8) is 0 Å². The summed E-state index contributed by atoms with van der Waals surface area (Å²) < 4.78 is 33.1. The second-order valence-electron chi connectivity index (χ2n) is 4.43. The van der Waals surface area contributed by atoms with Crippen LogP contribution in [0, 0.1) is 0 Å². The largest absolute Gasteiger partial charge is 0.495 e. The van der Waals surface area contributed by atoms with Crippen LogP contribution in [0.3, 0.4) is 0 Å². The molecule has 0 aliphatic carbocycles. The van der Waals surface area contributed by atoms with Gasteiger partial charge in [-0.1, -0.05) is 46.3 Å². The molecule has 0 radical (unpaired) electrons. The Morgan fingerprint density at radius 2 is 1.86 bits per heavy atom. The normalized spacial score (nSPS) is 11.3. The van der Waals surface area contributed by atoms with E-state index in [1.54, 1.807) is 12.1 Å². The van der Waals surface area contributed by atoms with E-state index in [9.17, 15) is 8.42 Å². The summed E-state index contributed by atoms with van der Waals surface area (Å²) in [4.78, 5) is 0.132. The van der Waals surface area contributed by atoms with Crippen LogP contribution < -0.4 is 9.46 Å². The van der Waals surface area contributed by atoms with Crippen molar-refractivity contribution in [1.29, 1.82) is 0 Å². The number of methoxy groups -OCH3 is 1. The van der Waals surface area contributed by atoms with Crippen molar-refractivity contribution in [2.24, 2.45) is 0 Å². The first-order valence-electron chi connectivity index (χ1n) is 6.40.